The molecule has 17 heavy (non-hydrogen) atoms. The van der Waals surface area contributed by atoms with Crippen molar-refractivity contribution in [3.05, 3.63) is 11.8 Å². The van der Waals surface area contributed by atoms with Crippen molar-refractivity contribution >= 4 is 11.8 Å². The van der Waals surface area contributed by atoms with E-state index in [0.29, 0.717) is 0 Å². The maximum atomic E-state index is 4.60. The average molecular weight is 232 g/mol. The molecule has 4 nitrogen and oxygen atoms in total. The minimum atomic E-state index is 0.731. The first-order valence-electron chi connectivity index (χ1n) is 6.56. The van der Waals surface area contributed by atoms with Gasteiger partial charge in [-0.25, -0.2) is 4.98 Å². The van der Waals surface area contributed by atoms with E-state index in [-0.39, 0.29) is 0 Å². The van der Waals surface area contributed by atoms with Crippen LogP contribution in [0.15, 0.2) is 6.07 Å². The lowest BCUT2D eigenvalue weighted by atomic mass is 10.3. The fraction of sp³-hybridized carbons (Fsp3) is 0.692. The molecule has 1 heterocycles. The second-order valence-corrected chi connectivity index (χ2v) is 5.27. The van der Waals surface area contributed by atoms with Crippen molar-refractivity contribution in [1.29, 1.82) is 0 Å². The predicted molar refractivity (Wildman–Crippen MR) is 69.4 cm³/mol. The van der Waals surface area contributed by atoms with Crippen LogP contribution in [-0.4, -0.2) is 29.6 Å². The van der Waals surface area contributed by atoms with E-state index < -0.39 is 0 Å². The van der Waals surface area contributed by atoms with E-state index in [9.17, 15) is 0 Å². The van der Waals surface area contributed by atoms with Gasteiger partial charge in [-0.05, 0) is 38.5 Å². The number of hydrogen-bond acceptors (Lipinski definition) is 4. The van der Waals surface area contributed by atoms with Gasteiger partial charge in [0.1, 0.15) is 5.82 Å². The van der Waals surface area contributed by atoms with Crippen molar-refractivity contribution in [2.45, 2.75) is 38.6 Å². The third-order valence-corrected chi connectivity index (χ3v) is 3.50. The molecule has 2 aliphatic rings. The van der Waals surface area contributed by atoms with E-state index in [2.05, 4.69) is 26.3 Å². The Morgan fingerprint density at radius 3 is 2.65 bits per heavy atom. The van der Waals surface area contributed by atoms with Crippen LogP contribution in [-0.2, 0) is 0 Å². The number of rotatable bonds is 5. The molecule has 0 saturated heterocycles. The van der Waals surface area contributed by atoms with Crippen LogP contribution in [0.2, 0.25) is 0 Å². The molecular formula is C13H20N4. The molecule has 2 fully saturated rings. The topological polar surface area (TPSA) is 41.1 Å². The maximum Gasteiger partial charge on any atom is 0.224 e. The SMILES string of the molecule is CNc1nc(C)cc(N(CC2CC2)C2CC2)n1. The van der Waals surface area contributed by atoms with E-state index in [1.165, 1.54) is 32.2 Å². The highest BCUT2D eigenvalue weighted by Crippen LogP contribution is 2.37. The molecule has 0 bridgehead atoms. The van der Waals surface area contributed by atoms with Gasteiger partial charge in [0.15, 0.2) is 0 Å². The first kappa shape index (κ1) is 10.8. The van der Waals surface area contributed by atoms with E-state index >= 15 is 0 Å². The molecule has 0 aliphatic heterocycles. The van der Waals surface area contributed by atoms with Gasteiger partial charge < -0.3 is 10.2 Å². The van der Waals surface area contributed by atoms with Gasteiger partial charge >= 0.3 is 0 Å². The fourth-order valence-corrected chi connectivity index (χ4v) is 2.21. The van der Waals surface area contributed by atoms with Crippen molar-refractivity contribution in [2.24, 2.45) is 5.92 Å². The number of anilines is 2. The Kier molecular flexibility index (Phi) is 2.65. The highest BCUT2D eigenvalue weighted by atomic mass is 15.3. The number of aromatic nitrogens is 2. The minimum absolute atomic E-state index is 0.731. The summed E-state index contributed by atoms with van der Waals surface area (Å²) in [6.45, 7) is 3.22. The van der Waals surface area contributed by atoms with Crippen LogP contribution in [0.4, 0.5) is 11.8 Å². The van der Waals surface area contributed by atoms with Crippen LogP contribution < -0.4 is 10.2 Å². The molecule has 0 unspecified atom stereocenters. The highest BCUT2D eigenvalue weighted by molar-refractivity contribution is 5.46. The Labute approximate surface area is 102 Å². The Morgan fingerprint density at radius 1 is 1.29 bits per heavy atom. The number of nitrogens with one attached hydrogen (secondary N) is 1. The number of hydrogen-bond donors (Lipinski definition) is 1. The van der Waals surface area contributed by atoms with Crippen molar-refractivity contribution in [2.75, 3.05) is 23.8 Å². The van der Waals surface area contributed by atoms with Crippen LogP contribution in [0.25, 0.3) is 0 Å². The second kappa shape index (κ2) is 4.17. The summed E-state index contributed by atoms with van der Waals surface area (Å²) in [7, 11) is 1.88. The van der Waals surface area contributed by atoms with Crippen LogP contribution >= 0.6 is 0 Å². The summed E-state index contributed by atoms with van der Waals surface area (Å²) >= 11 is 0. The van der Waals surface area contributed by atoms with Gasteiger partial charge in [-0.2, -0.15) is 4.98 Å². The fourth-order valence-electron chi connectivity index (χ4n) is 2.21. The van der Waals surface area contributed by atoms with Gasteiger partial charge in [-0.15, -0.1) is 0 Å². The molecule has 2 aliphatic carbocycles. The third kappa shape index (κ3) is 2.51. The number of aryl methyl sites for hydroxylation is 1. The molecule has 0 aromatic carbocycles. The smallest absolute Gasteiger partial charge is 0.224 e. The van der Waals surface area contributed by atoms with Gasteiger partial charge in [0.2, 0.25) is 5.95 Å². The lowest BCUT2D eigenvalue weighted by molar-refractivity contribution is 0.707. The Bertz CT molecular complexity index is 410. The summed E-state index contributed by atoms with van der Waals surface area (Å²) < 4.78 is 0. The molecule has 0 amide bonds. The Hall–Kier alpha value is -1.32. The molecule has 0 radical (unpaired) electrons. The van der Waals surface area contributed by atoms with Gasteiger partial charge in [0.25, 0.3) is 0 Å². The predicted octanol–water partition coefficient (Wildman–Crippen LogP) is 2.21. The lowest BCUT2D eigenvalue weighted by Crippen LogP contribution is -2.29. The van der Waals surface area contributed by atoms with Crippen LogP contribution in [0.3, 0.4) is 0 Å². The molecule has 2 saturated carbocycles. The van der Waals surface area contributed by atoms with Crippen molar-refractivity contribution in [1.82, 2.24) is 9.97 Å². The third-order valence-electron chi connectivity index (χ3n) is 3.50. The van der Waals surface area contributed by atoms with Crippen molar-refractivity contribution in [3.8, 4) is 0 Å². The molecule has 1 aromatic rings. The molecule has 0 atom stereocenters. The zero-order valence-electron chi connectivity index (χ0n) is 10.6. The van der Waals surface area contributed by atoms with Crippen LogP contribution in [0.1, 0.15) is 31.4 Å². The molecule has 1 aromatic heterocycles. The van der Waals surface area contributed by atoms with Crippen molar-refractivity contribution < 1.29 is 0 Å². The van der Waals surface area contributed by atoms with Gasteiger partial charge in [-0.3, -0.25) is 0 Å². The molecular weight excluding hydrogens is 212 g/mol. The van der Waals surface area contributed by atoms with E-state index in [0.717, 1.165) is 29.4 Å². The Morgan fingerprint density at radius 2 is 2.06 bits per heavy atom. The summed E-state index contributed by atoms with van der Waals surface area (Å²) in [5.41, 5.74) is 1.04. The quantitative estimate of drug-likeness (QED) is 0.845. The highest BCUT2D eigenvalue weighted by Gasteiger charge is 2.34. The first-order valence-corrected chi connectivity index (χ1v) is 6.56. The zero-order valence-corrected chi connectivity index (χ0v) is 10.6. The second-order valence-electron chi connectivity index (χ2n) is 5.27. The Balaban J connectivity index is 1.85. The normalized spacial score (nSPS) is 19.2. The summed E-state index contributed by atoms with van der Waals surface area (Å²) in [6.07, 6.45) is 5.44. The van der Waals surface area contributed by atoms with Crippen LogP contribution in [0.5, 0.6) is 0 Å². The molecule has 92 valence electrons. The standard InChI is InChI=1S/C13H20N4/c1-9-7-12(16-13(14-2)15-9)17(11-5-6-11)8-10-3-4-10/h7,10-11H,3-6,8H2,1-2H3,(H,14,15,16). The first-order chi connectivity index (χ1) is 8.26. The summed E-state index contributed by atoms with van der Waals surface area (Å²) in [6, 6.07) is 2.84. The van der Waals surface area contributed by atoms with Gasteiger partial charge in [0, 0.05) is 31.4 Å². The van der Waals surface area contributed by atoms with Gasteiger partial charge in [-0.1, -0.05) is 0 Å². The van der Waals surface area contributed by atoms with Gasteiger partial charge in [0.05, 0.1) is 0 Å². The van der Waals surface area contributed by atoms with Crippen LogP contribution in [0, 0.1) is 12.8 Å². The number of nitrogens with zero attached hydrogens (tertiary/aromatic N) is 3. The minimum Gasteiger partial charge on any atom is -0.357 e. The van der Waals surface area contributed by atoms with E-state index in [1.807, 2.05) is 14.0 Å². The summed E-state index contributed by atoms with van der Waals surface area (Å²) in [4.78, 5) is 11.5. The zero-order chi connectivity index (χ0) is 11.8. The monoisotopic (exact) mass is 232 g/mol. The molecule has 1 N–H and O–H groups in total. The summed E-state index contributed by atoms with van der Waals surface area (Å²) in [5.74, 6) is 2.75. The van der Waals surface area contributed by atoms with Crippen molar-refractivity contribution in [3.63, 3.8) is 0 Å². The largest absolute Gasteiger partial charge is 0.357 e. The average Bonchev–Trinajstić information content (AvgIpc) is 3.16. The lowest BCUT2D eigenvalue weighted by Gasteiger charge is -2.24. The van der Waals surface area contributed by atoms with E-state index in [1.54, 1.807) is 0 Å². The molecule has 0 spiro atoms. The van der Waals surface area contributed by atoms with E-state index in [4.69, 9.17) is 0 Å². The summed E-state index contributed by atoms with van der Waals surface area (Å²) in [5, 5.41) is 3.04. The maximum absolute atomic E-state index is 4.60. The molecule has 3 rings (SSSR count). The molecule has 4 heteroatoms.